The first-order valence-electron chi connectivity index (χ1n) is 5.95. The van der Waals surface area contributed by atoms with Gasteiger partial charge in [-0.3, -0.25) is 4.79 Å². The van der Waals surface area contributed by atoms with Crippen LogP contribution >= 0.6 is 11.3 Å². The zero-order valence-electron chi connectivity index (χ0n) is 10.1. The first-order valence-corrected chi connectivity index (χ1v) is 6.83. The van der Waals surface area contributed by atoms with Crippen LogP contribution in [-0.2, 0) is 11.3 Å². The lowest BCUT2D eigenvalue weighted by molar-refractivity contribution is -0.116. The molecule has 0 fully saturated rings. The summed E-state index contributed by atoms with van der Waals surface area (Å²) in [4.78, 5) is 12.6. The Kier molecular flexibility index (Phi) is 4.78. The summed E-state index contributed by atoms with van der Waals surface area (Å²) in [6.07, 6.45) is 8.41. The molecule has 0 unspecified atom stereocenters. The van der Waals surface area contributed by atoms with Crippen molar-refractivity contribution in [3.63, 3.8) is 0 Å². The zero-order valence-corrected chi connectivity index (χ0v) is 10.9. The largest absolute Gasteiger partial charge is 0.354 e. The summed E-state index contributed by atoms with van der Waals surface area (Å²) in [7, 11) is 0. The van der Waals surface area contributed by atoms with Crippen molar-refractivity contribution in [2.75, 3.05) is 6.54 Å². The van der Waals surface area contributed by atoms with Gasteiger partial charge in [-0.1, -0.05) is 6.07 Å². The van der Waals surface area contributed by atoms with E-state index < -0.39 is 0 Å². The van der Waals surface area contributed by atoms with E-state index in [0.717, 1.165) is 17.8 Å². The molecule has 0 bridgehead atoms. The van der Waals surface area contributed by atoms with Crippen LogP contribution in [0.15, 0.2) is 48.1 Å². The Morgan fingerprint density at radius 1 is 1.33 bits per heavy atom. The normalized spacial score (nSPS) is 10.9. The van der Waals surface area contributed by atoms with Crippen LogP contribution in [0.1, 0.15) is 11.3 Å². The van der Waals surface area contributed by atoms with E-state index in [1.165, 1.54) is 0 Å². The maximum Gasteiger partial charge on any atom is 0.244 e. The third-order valence-electron chi connectivity index (χ3n) is 2.50. The summed E-state index contributed by atoms with van der Waals surface area (Å²) >= 11 is 1.62. The molecule has 0 radical (unpaired) electrons. The van der Waals surface area contributed by atoms with Crippen LogP contribution in [0.4, 0.5) is 0 Å². The van der Waals surface area contributed by atoms with Gasteiger partial charge in [0, 0.05) is 36.4 Å². The molecule has 0 saturated carbocycles. The lowest BCUT2D eigenvalue weighted by Crippen LogP contribution is -2.22. The number of nitrogens with zero attached hydrogens (tertiary/aromatic N) is 1. The van der Waals surface area contributed by atoms with E-state index >= 15 is 0 Å². The molecule has 2 rings (SSSR count). The minimum Gasteiger partial charge on any atom is -0.354 e. The van der Waals surface area contributed by atoms with Crippen LogP contribution in [0.5, 0.6) is 0 Å². The van der Waals surface area contributed by atoms with Crippen LogP contribution < -0.4 is 5.32 Å². The second kappa shape index (κ2) is 6.81. The maximum absolute atomic E-state index is 11.5. The maximum atomic E-state index is 11.5. The minimum atomic E-state index is -0.0316. The highest BCUT2D eigenvalue weighted by Crippen LogP contribution is 2.09. The van der Waals surface area contributed by atoms with Crippen molar-refractivity contribution in [1.82, 2.24) is 9.88 Å². The van der Waals surface area contributed by atoms with Gasteiger partial charge in [-0.2, -0.15) is 0 Å². The average Bonchev–Trinajstić information content (AvgIpc) is 3.04. The Balaban J connectivity index is 1.63. The van der Waals surface area contributed by atoms with Crippen LogP contribution in [0.3, 0.4) is 0 Å². The highest BCUT2D eigenvalue weighted by Gasteiger charge is 1.95. The molecule has 2 aromatic heterocycles. The van der Waals surface area contributed by atoms with Crippen molar-refractivity contribution in [3.8, 4) is 0 Å². The van der Waals surface area contributed by atoms with Gasteiger partial charge in [-0.15, -0.1) is 11.3 Å². The molecule has 0 aliphatic rings. The van der Waals surface area contributed by atoms with E-state index in [9.17, 15) is 4.79 Å². The van der Waals surface area contributed by atoms with Crippen LogP contribution in [0.25, 0.3) is 6.08 Å². The van der Waals surface area contributed by atoms with E-state index in [2.05, 4.69) is 9.88 Å². The van der Waals surface area contributed by atoms with Gasteiger partial charge in [0.1, 0.15) is 0 Å². The topological polar surface area (TPSA) is 34.0 Å². The fraction of sp³-hybridized carbons (Fsp3) is 0.214. The van der Waals surface area contributed by atoms with E-state index in [4.69, 9.17) is 0 Å². The molecule has 0 aliphatic carbocycles. The number of aryl methyl sites for hydroxylation is 1. The Bertz CT molecular complexity index is 486. The first-order chi connectivity index (χ1) is 8.84. The third kappa shape index (κ3) is 4.22. The minimum absolute atomic E-state index is 0.0316. The van der Waals surface area contributed by atoms with Crippen molar-refractivity contribution >= 4 is 23.3 Å². The summed E-state index contributed by atoms with van der Waals surface area (Å²) in [6.45, 7) is 1.63. The molecule has 94 valence electrons. The molecule has 4 heteroatoms. The lowest BCUT2D eigenvalue weighted by atomic mass is 10.3. The van der Waals surface area contributed by atoms with Gasteiger partial charge < -0.3 is 9.88 Å². The van der Waals surface area contributed by atoms with Crippen molar-refractivity contribution < 1.29 is 4.79 Å². The van der Waals surface area contributed by atoms with Crippen molar-refractivity contribution in [2.24, 2.45) is 0 Å². The molecule has 1 N–H and O–H groups in total. The van der Waals surface area contributed by atoms with Crippen LogP contribution in [0.2, 0.25) is 0 Å². The predicted octanol–water partition coefficient (Wildman–Crippen LogP) is 2.77. The van der Waals surface area contributed by atoms with Crippen molar-refractivity contribution in [3.05, 3.63) is 53.0 Å². The molecule has 0 spiro atoms. The Labute approximate surface area is 111 Å². The zero-order chi connectivity index (χ0) is 12.6. The molecule has 3 nitrogen and oxygen atoms in total. The van der Waals surface area contributed by atoms with Crippen LogP contribution in [0, 0.1) is 0 Å². The highest BCUT2D eigenvalue weighted by molar-refractivity contribution is 7.10. The molecule has 0 saturated heterocycles. The fourth-order valence-electron chi connectivity index (χ4n) is 1.60. The van der Waals surface area contributed by atoms with Crippen molar-refractivity contribution in [1.29, 1.82) is 0 Å². The van der Waals surface area contributed by atoms with Gasteiger partial charge in [0.2, 0.25) is 5.91 Å². The highest BCUT2D eigenvalue weighted by atomic mass is 32.1. The smallest absolute Gasteiger partial charge is 0.244 e. The SMILES string of the molecule is O=C(/C=C/c1cccs1)NCCCn1cccc1. The van der Waals surface area contributed by atoms with E-state index in [0.29, 0.717) is 6.54 Å². The lowest BCUT2D eigenvalue weighted by Gasteiger charge is -2.03. The quantitative estimate of drug-likeness (QED) is 0.629. The Morgan fingerprint density at radius 3 is 2.89 bits per heavy atom. The fourth-order valence-corrected chi connectivity index (χ4v) is 2.21. The van der Waals surface area contributed by atoms with Gasteiger partial charge >= 0.3 is 0 Å². The summed E-state index contributed by atoms with van der Waals surface area (Å²) in [6, 6.07) is 7.96. The van der Waals surface area contributed by atoms with E-state index in [1.54, 1.807) is 17.4 Å². The molecular formula is C14H16N2OS. The van der Waals surface area contributed by atoms with Gasteiger partial charge in [0.15, 0.2) is 0 Å². The molecule has 18 heavy (non-hydrogen) atoms. The van der Waals surface area contributed by atoms with Crippen molar-refractivity contribution in [2.45, 2.75) is 13.0 Å². The number of amides is 1. The number of carbonyl (C=O) groups is 1. The number of hydrogen-bond donors (Lipinski definition) is 1. The number of aromatic nitrogens is 1. The predicted molar refractivity (Wildman–Crippen MR) is 75.4 cm³/mol. The second-order valence-corrected chi connectivity index (χ2v) is 4.89. The molecular weight excluding hydrogens is 244 g/mol. The number of thiophene rings is 1. The third-order valence-corrected chi connectivity index (χ3v) is 3.34. The summed E-state index contributed by atoms with van der Waals surface area (Å²) in [5.41, 5.74) is 0. The van der Waals surface area contributed by atoms with Gasteiger partial charge in [0.25, 0.3) is 0 Å². The van der Waals surface area contributed by atoms with E-state index in [-0.39, 0.29) is 5.91 Å². The molecule has 1 amide bonds. The molecule has 0 atom stereocenters. The Hall–Kier alpha value is -1.81. The summed E-state index contributed by atoms with van der Waals surface area (Å²) in [5.74, 6) is -0.0316. The molecule has 2 aromatic rings. The number of carbonyl (C=O) groups excluding carboxylic acids is 1. The van der Waals surface area contributed by atoms with E-state index in [1.807, 2.05) is 48.1 Å². The molecule has 0 aromatic carbocycles. The summed E-state index contributed by atoms with van der Waals surface area (Å²) < 4.78 is 2.10. The molecule has 2 heterocycles. The standard InChI is InChI=1S/C14H16N2OS/c17-14(7-6-13-5-3-12-18-13)15-8-4-11-16-9-1-2-10-16/h1-3,5-7,9-10,12H,4,8,11H2,(H,15,17)/b7-6+. The monoisotopic (exact) mass is 260 g/mol. The Morgan fingerprint density at radius 2 is 2.17 bits per heavy atom. The number of rotatable bonds is 6. The van der Waals surface area contributed by atoms with Gasteiger partial charge in [0.05, 0.1) is 0 Å². The number of hydrogen-bond acceptors (Lipinski definition) is 2. The number of nitrogens with one attached hydrogen (secondary N) is 1. The second-order valence-electron chi connectivity index (χ2n) is 3.91. The summed E-state index contributed by atoms with van der Waals surface area (Å²) in [5, 5.41) is 4.87. The van der Waals surface area contributed by atoms with Gasteiger partial charge in [-0.05, 0) is 36.1 Å². The average molecular weight is 260 g/mol. The molecule has 0 aliphatic heterocycles. The first kappa shape index (κ1) is 12.6. The van der Waals surface area contributed by atoms with Gasteiger partial charge in [-0.25, -0.2) is 0 Å². The van der Waals surface area contributed by atoms with Crippen LogP contribution in [-0.4, -0.2) is 17.0 Å².